The van der Waals surface area contributed by atoms with Gasteiger partial charge in [0.05, 0.1) is 0 Å². The normalized spacial score (nSPS) is 18.1. The van der Waals surface area contributed by atoms with Crippen molar-refractivity contribution in [2.45, 2.75) is 31.3 Å². The topological polar surface area (TPSA) is 104 Å². The second-order valence-electron chi connectivity index (χ2n) is 7.36. The van der Waals surface area contributed by atoms with Crippen LogP contribution in [-0.4, -0.2) is 45.8 Å². The third-order valence-electron chi connectivity index (χ3n) is 5.27. The summed E-state index contributed by atoms with van der Waals surface area (Å²) in [5.41, 5.74) is -0.528. The van der Waals surface area contributed by atoms with E-state index in [9.17, 15) is 24.3 Å². The van der Waals surface area contributed by atoms with Gasteiger partial charge in [0.1, 0.15) is 0 Å². The molecule has 3 rings (SSSR count). The average molecular weight is 420 g/mol. The second-order valence-corrected chi connectivity index (χ2v) is 7.36. The number of rotatable bonds is 8. The smallest absolute Gasteiger partial charge is 0.350 e. The highest BCUT2D eigenvalue weighted by atomic mass is 16.4. The summed E-state index contributed by atoms with van der Waals surface area (Å²) >= 11 is 0. The summed E-state index contributed by atoms with van der Waals surface area (Å²) in [7, 11) is 0. The van der Waals surface area contributed by atoms with Crippen LogP contribution in [0.3, 0.4) is 0 Å². The van der Waals surface area contributed by atoms with Crippen LogP contribution in [0, 0.1) is 0 Å². The summed E-state index contributed by atoms with van der Waals surface area (Å²) in [5, 5.41) is 12.4. The van der Waals surface area contributed by atoms with Gasteiger partial charge in [0.2, 0.25) is 11.6 Å². The molecule has 0 saturated carbocycles. The SMILES string of the molecule is O=C(C=CC(=O)N1CCC[C@@]1(NC(=O)c1ccccc1)C(=O)O)CCc1ccccc1. The number of carboxylic acids is 1. The van der Waals surface area contributed by atoms with Crippen LogP contribution in [0.25, 0.3) is 0 Å². The molecule has 2 aromatic rings. The Labute approximate surface area is 180 Å². The predicted octanol–water partition coefficient (Wildman–Crippen LogP) is 2.58. The Hall–Kier alpha value is -3.74. The second kappa shape index (κ2) is 9.84. The molecule has 160 valence electrons. The molecule has 2 N–H and O–H groups in total. The van der Waals surface area contributed by atoms with Crippen molar-refractivity contribution in [3.05, 3.63) is 83.9 Å². The number of likely N-dealkylation sites (tertiary alicyclic amines) is 1. The molecule has 31 heavy (non-hydrogen) atoms. The molecule has 0 aliphatic carbocycles. The van der Waals surface area contributed by atoms with Gasteiger partial charge in [-0.1, -0.05) is 48.5 Å². The van der Waals surface area contributed by atoms with Gasteiger partial charge in [-0.2, -0.15) is 0 Å². The van der Waals surface area contributed by atoms with Crippen LogP contribution in [0.5, 0.6) is 0 Å². The fraction of sp³-hybridized carbons (Fsp3) is 0.250. The fourth-order valence-electron chi connectivity index (χ4n) is 3.62. The minimum atomic E-state index is -1.85. The van der Waals surface area contributed by atoms with E-state index in [4.69, 9.17) is 0 Å². The largest absolute Gasteiger partial charge is 0.478 e. The first-order valence-electron chi connectivity index (χ1n) is 10.1. The zero-order valence-electron chi connectivity index (χ0n) is 17.0. The minimum Gasteiger partial charge on any atom is -0.478 e. The van der Waals surface area contributed by atoms with E-state index in [1.54, 1.807) is 30.3 Å². The summed E-state index contributed by atoms with van der Waals surface area (Å²) in [6.07, 6.45) is 3.56. The van der Waals surface area contributed by atoms with E-state index < -0.39 is 23.4 Å². The molecule has 1 heterocycles. The van der Waals surface area contributed by atoms with Crippen LogP contribution >= 0.6 is 0 Å². The molecule has 2 amide bonds. The number of allylic oxidation sites excluding steroid dienone is 1. The van der Waals surface area contributed by atoms with Crippen LogP contribution in [0.4, 0.5) is 0 Å². The summed E-state index contributed by atoms with van der Waals surface area (Å²) in [6, 6.07) is 17.7. The maximum absolute atomic E-state index is 12.7. The molecule has 1 aliphatic heterocycles. The molecule has 0 spiro atoms. The maximum Gasteiger partial charge on any atom is 0.350 e. The molecule has 0 aromatic heterocycles. The van der Waals surface area contributed by atoms with Crippen LogP contribution in [0.2, 0.25) is 0 Å². The number of hydrogen-bond donors (Lipinski definition) is 2. The van der Waals surface area contributed by atoms with Gasteiger partial charge >= 0.3 is 5.97 Å². The van der Waals surface area contributed by atoms with Crippen LogP contribution < -0.4 is 5.32 Å². The van der Waals surface area contributed by atoms with Gasteiger partial charge in [-0.15, -0.1) is 0 Å². The zero-order valence-corrected chi connectivity index (χ0v) is 17.0. The number of nitrogens with zero attached hydrogens (tertiary/aromatic N) is 1. The lowest BCUT2D eigenvalue weighted by molar-refractivity contribution is -0.156. The van der Waals surface area contributed by atoms with Crippen LogP contribution in [0.1, 0.15) is 35.2 Å². The van der Waals surface area contributed by atoms with Crippen molar-refractivity contribution in [1.29, 1.82) is 0 Å². The first kappa shape index (κ1) is 22.0. The number of carboxylic acid groups (broad SMARTS) is 1. The van der Waals surface area contributed by atoms with E-state index in [0.717, 1.165) is 16.5 Å². The molecule has 1 saturated heterocycles. The van der Waals surface area contributed by atoms with E-state index >= 15 is 0 Å². The van der Waals surface area contributed by atoms with Crippen molar-refractivity contribution >= 4 is 23.6 Å². The highest BCUT2D eigenvalue weighted by Crippen LogP contribution is 2.28. The summed E-state index contributed by atoms with van der Waals surface area (Å²) in [5.74, 6) is -2.75. The lowest BCUT2D eigenvalue weighted by Gasteiger charge is -2.34. The number of hydrogen-bond acceptors (Lipinski definition) is 4. The maximum atomic E-state index is 12.7. The molecule has 1 atom stereocenters. The van der Waals surface area contributed by atoms with E-state index in [-0.39, 0.29) is 25.2 Å². The van der Waals surface area contributed by atoms with Crippen molar-refractivity contribution < 1.29 is 24.3 Å². The summed E-state index contributed by atoms with van der Waals surface area (Å²) in [4.78, 5) is 50.7. The molecular formula is C24H24N2O5. The highest BCUT2D eigenvalue weighted by molar-refractivity contribution is 6.02. The first-order chi connectivity index (χ1) is 14.9. The first-order valence-corrected chi connectivity index (χ1v) is 10.1. The molecule has 0 radical (unpaired) electrons. The molecule has 2 aromatic carbocycles. The van der Waals surface area contributed by atoms with Crippen molar-refractivity contribution in [2.24, 2.45) is 0 Å². The Balaban J connectivity index is 1.68. The molecule has 7 nitrogen and oxygen atoms in total. The fourth-order valence-corrected chi connectivity index (χ4v) is 3.62. The number of carbonyl (C=O) groups is 4. The number of ketones is 1. The van der Waals surface area contributed by atoms with Gasteiger partial charge in [0.25, 0.3) is 5.91 Å². The minimum absolute atomic E-state index is 0.0858. The van der Waals surface area contributed by atoms with Gasteiger partial charge in [0.15, 0.2) is 5.78 Å². The standard InChI is InChI=1S/C24H24N2O5/c27-20(13-12-18-8-3-1-4-9-18)14-15-21(28)26-17-7-16-24(26,23(30)31)25-22(29)19-10-5-2-6-11-19/h1-6,8-11,14-15H,7,12-13,16-17H2,(H,25,29)(H,30,31)/t24-/m0/s1. The van der Waals surface area contributed by atoms with Gasteiger partial charge in [0, 0.05) is 31.0 Å². The number of amides is 2. The van der Waals surface area contributed by atoms with Crippen molar-refractivity contribution in [3.63, 3.8) is 0 Å². The molecule has 0 bridgehead atoms. The van der Waals surface area contributed by atoms with Gasteiger partial charge in [-0.05, 0) is 36.6 Å². The summed E-state index contributed by atoms with van der Waals surface area (Å²) in [6.45, 7) is 0.169. The lowest BCUT2D eigenvalue weighted by Crippen LogP contribution is -2.63. The van der Waals surface area contributed by atoms with Gasteiger partial charge in [-0.25, -0.2) is 4.79 Å². The number of carbonyl (C=O) groups excluding carboxylic acids is 3. The van der Waals surface area contributed by atoms with E-state index in [1.165, 1.54) is 6.08 Å². The Morgan fingerprint density at radius 2 is 1.61 bits per heavy atom. The van der Waals surface area contributed by atoms with Crippen LogP contribution in [-0.2, 0) is 20.8 Å². The summed E-state index contributed by atoms with van der Waals surface area (Å²) < 4.78 is 0. The van der Waals surface area contributed by atoms with Crippen molar-refractivity contribution in [3.8, 4) is 0 Å². The Bertz CT molecular complexity index is 988. The highest BCUT2D eigenvalue weighted by Gasteiger charge is 2.51. The molecule has 7 heteroatoms. The monoisotopic (exact) mass is 420 g/mol. The lowest BCUT2D eigenvalue weighted by atomic mass is 10.1. The quantitative estimate of drug-likeness (QED) is 0.639. The van der Waals surface area contributed by atoms with Gasteiger partial charge < -0.3 is 15.3 Å². The molecule has 1 fully saturated rings. The third-order valence-corrected chi connectivity index (χ3v) is 5.27. The van der Waals surface area contributed by atoms with Gasteiger partial charge in [-0.3, -0.25) is 14.4 Å². The number of aliphatic carboxylic acids is 1. The molecule has 1 aliphatic rings. The van der Waals surface area contributed by atoms with E-state index in [2.05, 4.69) is 5.32 Å². The van der Waals surface area contributed by atoms with Crippen LogP contribution in [0.15, 0.2) is 72.8 Å². The van der Waals surface area contributed by atoms with Crippen molar-refractivity contribution in [2.75, 3.05) is 6.54 Å². The third kappa shape index (κ3) is 5.25. The van der Waals surface area contributed by atoms with Crippen molar-refractivity contribution in [1.82, 2.24) is 10.2 Å². The Kier molecular flexibility index (Phi) is 6.97. The number of nitrogens with one attached hydrogen (secondary N) is 1. The number of benzene rings is 2. The zero-order chi connectivity index (χ0) is 22.3. The Morgan fingerprint density at radius 3 is 2.26 bits per heavy atom. The van der Waals surface area contributed by atoms with E-state index in [0.29, 0.717) is 18.4 Å². The predicted molar refractivity (Wildman–Crippen MR) is 114 cm³/mol. The average Bonchev–Trinajstić information content (AvgIpc) is 3.22. The Morgan fingerprint density at radius 1 is 0.968 bits per heavy atom. The molecular weight excluding hydrogens is 396 g/mol. The van der Waals surface area contributed by atoms with E-state index in [1.807, 2.05) is 30.3 Å². The number of aryl methyl sites for hydroxylation is 1. The molecule has 0 unspecified atom stereocenters.